The smallest absolute Gasteiger partial charge is 0.256 e. The molecule has 2 amide bonds. The minimum Gasteiger partial charge on any atom is -0.371 e. The number of nitrogens with one attached hydrogen (secondary N) is 1. The van der Waals surface area contributed by atoms with Crippen LogP contribution in [0.15, 0.2) is 18.2 Å². The van der Waals surface area contributed by atoms with Crippen molar-refractivity contribution in [2.45, 2.75) is 33.6 Å². The van der Waals surface area contributed by atoms with Gasteiger partial charge in [0.1, 0.15) is 0 Å². The Morgan fingerprint density at radius 3 is 2.36 bits per heavy atom. The van der Waals surface area contributed by atoms with Gasteiger partial charge in [-0.1, -0.05) is 0 Å². The van der Waals surface area contributed by atoms with Gasteiger partial charge in [0.05, 0.1) is 5.56 Å². The van der Waals surface area contributed by atoms with E-state index >= 15 is 0 Å². The summed E-state index contributed by atoms with van der Waals surface area (Å²) in [6.45, 7) is 8.76. The Morgan fingerprint density at radius 1 is 1.18 bits per heavy atom. The Hall–Kier alpha value is -2.04. The highest BCUT2D eigenvalue weighted by molar-refractivity contribution is 6.02. The summed E-state index contributed by atoms with van der Waals surface area (Å²) in [5.41, 5.74) is 2.33. The quantitative estimate of drug-likeness (QED) is 0.910. The lowest BCUT2D eigenvalue weighted by Crippen LogP contribution is -2.32. The van der Waals surface area contributed by atoms with Gasteiger partial charge in [-0.2, -0.15) is 0 Å². The molecule has 5 nitrogen and oxygen atoms in total. The van der Waals surface area contributed by atoms with Gasteiger partial charge in [-0.3, -0.25) is 9.59 Å². The summed E-state index contributed by atoms with van der Waals surface area (Å²) < 4.78 is 0. The molecule has 1 saturated heterocycles. The predicted molar refractivity (Wildman–Crippen MR) is 89.4 cm³/mol. The standard InChI is InChI=1S/C17H25N3O2/c1-4-19(5-2)17(22)15-12-14(18-13(3)21)8-9-16(15)20-10-6-7-11-20/h8-9,12H,4-7,10-11H2,1-3H3,(H,18,21). The molecule has 1 fully saturated rings. The highest BCUT2D eigenvalue weighted by Crippen LogP contribution is 2.28. The van der Waals surface area contributed by atoms with Crippen molar-refractivity contribution in [3.8, 4) is 0 Å². The number of carbonyl (C=O) groups is 2. The number of anilines is 2. The van der Waals surface area contributed by atoms with Gasteiger partial charge in [0.2, 0.25) is 5.91 Å². The molecule has 0 radical (unpaired) electrons. The first kappa shape index (κ1) is 16.3. The topological polar surface area (TPSA) is 52.7 Å². The van der Waals surface area contributed by atoms with Crippen molar-refractivity contribution < 1.29 is 9.59 Å². The molecule has 0 bridgehead atoms. The van der Waals surface area contributed by atoms with Crippen molar-refractivity contribution in [3.05, 3.63) is 23.8 Å². The zero-order chi connectivity index (χ0) is 16.1. The van der Waals surface area contributed by atoms with Crippen LogP contribution in [-0.2, 0) is 4.79 Å². The fourth-order valence-corrected chi connectivity index (χ4v) is 2.90. The first-order valence-electron chi connectivity index (χ1n) is 8.02. The molecule has 22 heavy (non-hydrogen) atoms. The average Bonchev–Trinajstić information content (AvgIpc) is 3.01. The second kappa shape index (κ2) is 7.29. The van der Waals surface area contributed by atoms with Crippen molar-refractivity contribution in [1.82, 2.24) is 4.90 Å². The van der Waals surface area contributed by atoms with Gasteiger partial charge in [-0.05, 0) is 44.9 Å². The third-order valence-corrected chi connectivity index (χ3v) is 4.04. The molecule has 0 atom stereocenters. The molecule has 0 unspecified atom stereocenters. The second-order valence-electron chi connectivity index (χ2n) is 5.58. The van der Waals surface area contributed by atoms with E-state index in [2.05, 4.69) is 10.2 Å². The van der Waals surface area contributed by atoms with Gasteiger partial charge >= 0.3 is 0 Å². The maximum absolute atomic E-state index is 12.8. The predicted octanol–water partition coefficient (Wildman–Crippen LogP) is 2.73. The Morgan fingerprint density at radius 2 is 1.82 bits per heavy atom. The highest BCUT2D eigenvalue weighted by Gasteiger charge is 2.22. The van der Waals surface area contributed by atoms with E-state index in [-0.39, 0.29) is 11.8 Å². The Balaban J connectivity index is 2.39. The minimum absolute atomic E-state index is 0.0269. The third kappa shape index (κ3) is 3.59. The molecule has 0 spiro atoms. The van der Waals surface area contributed by atoms with Crippen molar-refractivity contribution in [1.29, 1.82) is 0 Å². The first-order valence-corrected chi connectivity index (χ1v) is 8.02. The van der Waals surface area contributed by atoms with Gasteiger partial charge in [0.25, 0.3) is 5.91 Å². The highest BCUT2D eigenvalue weighted by atomic mass is 16.2. The molecule has 1 aliphatic rings. The molecule has 120 valence electrons. The molecule has 1 N–H and O–H groups in total. The average molecular weight is 303 g/mol. The van der Waals surface area contributed by atoms with Crippen molar-refractivity contribution in [3.63, 3.8) is 0 Å². The van der Waals surface area contributed by atoms with E-state index in [1.807, 2.05) is 30.9 Å². The Labute approximate surface area is 132 Å². The summed E-state index contributed by atoms with van der Waals surface area (Å²) in [6, 6.07) is 5.62. The molecular formula is C17H25N3O2. The number of rotatable bonds is 5. The maximum Gasteiger partial charge on any atom is 0.256 e. The van der Waals surface area contributed by atoms with E-state index in [0.29, 0.717) is 24.3 Å². The normalized spacial score (nSPS) is 14.0. The SMILES string of the molecule is CCN(CC)C(=O)c1cc(NC(C)=O)ccc1N1CCCC1. The molecule has 1 heterocycles. The number of amides is 2. The summed E-state index contributed by atoms with van der Waals surface area (Å²) in [5.74, 6) is -0.103. The van der Waals surface area contributed by atoms with Crippen LogP contribution >= 0.6 is 0 Å². The summed E-state index contributed by atoms with van der Waals surface area (Å²) >= 11 is 0. The molecule has 2 rings (SSSR count). The third-order valence-electron chi connectivity index (χ3n) is 4.04. The van der Waals surface area contributed by atoms with Crippen LogP contribution < -0.4 is 10.2 Å². The van der Waals surface area contributed by atoms with Crippen LogP contribution in [0.4, 0.5) is 11.4 Å². The number of nitrogens with zero attached hydrogens (tertiary/aromatic N) is 2. The molecular weight excluding hydrogens is 278 g/mol. The molecule has 1 aromatic rings. The zero-order valence-corrected chi connectivity index (χ0v) is 13.7. The van der Waals surface area contributed by atoms with Gasteiger partial charge in [-0.25, -0.2) is 0 Å². The van der Waals surface area contributed by atoms with E-state index in [9.17, 15) is 9.59 Å². The number of benzene rings is 1. The lowest BCUT2D eigenvalue weighted by molar-refractivity contribution is -0.114. The number of carbonyl (C=O) groups excluding carboxylic acids is 2. The van der Waals surface area contributed by atoms with Crippen molar-refractivity contribution >= 4 is 23.2 Å². The summed E-state index contributed by atoms with van der Waals surface area (Å²) in [6.07, 6.45) is 2.32. The first-order chi connectivity index (χ1) is 10.6. The van der Waals surface area contributed by atoms with E-state index in [0.717, 1.165) is 31.6 Å². The molecule has 1 aromatic carbocycles. The molecule has 0 aromatic heterocycles. The monoisotopic (exact) mass is 303 g/mol. The molecule has 0 saturated carbocycles. The van der Waals surface area contributed by atoms with E-state index < -0.39 is 0 Å². The van der Waals surface area contributed by atoms with E-state index in [1.165, 1.54) is 6.92 Å². The van der Waals surface area contributed by atoms with Crippen LogP contribution in [0, 0.1) is 0 Å². The molecule has 0 aliphatic carbocycles. The van der Waals surface area contributed by atoms with Crippen LogP contribution in [0.2, 0.25) is 0 Å². The van der Waals surface area contributed by atoms with E-state index in [4.69, 9.17) is 0 Å². The van der Waals surface area contributed by atoms with Crippen LogP contribution in [0.5, 0.6) is 0 Å². The van der Waals surface area contributed by atoms with Gasteiger partial charge in [0, 0.05) is 44.5 Å². The Bertz CT molecular complexity index is 547. The van der Waals surface area contributed by atoms with Gasteiger partial charge in [-0.15, -0.1) is 0 Å². The summed E-state index contributed by atoms with van der Waals surface area (Å²) in [7, 11) is 0. The largest absolute Gasteiger partial charge is 0.371 e. The minimum atomic E-state index is -0.129. The van der Waals surface area contributed by atoms with Gasteiger partial charge < -0.3 is 15.1 Å². The number of hydrogen-bond acceptors (Lipinski definition) is 3. The van der Waals surface area contributed by atoms with Crippen molar-refractivity contribution in [2.75, 3.05) is 36.4 Å². The number of hydrogen-bond donors (Lipinski definition) is 1. The van der Waals surface area contributed by atoms with E-state index in [1.54, 1.807) is 6.07 Å². The molecule has 5 heteroatoms. The fourth-order valence-electron chi connectivity index (χ4n) is 2.90. The fraction of sp³-hybridized carbons (Fsp3) is 0.529. The summed E-state index contributed by atoms with van der Waals surface area (Å²) in [4.78, 5) is 28.1. The van der Waals surface area contributed by atoms with Crippen LogP contribution in [-0.4, -0.2) is 42.9 Å². The maximum atomic E-state index is 12.8. The lowest BCUT2D eigenvalue weighted by atomic mass is 10.1. The van der Waals surface area contributed by atoms with Crippen LogP contribution in [0.3, 0.4) is 0 Å². The zero-order valence-electron chi connectivity index (χ0n) is 13.7. The van der Waals surface area contributed by atoms with Gasteiger partial charge in [0.15, 0.2) is 0 Å². The van der Waals surface area contributed by atoms with Crippen LogP contribution in [0.1, 0.15) is 44.0 Å². The van der Waals surface area contributed by atoms with Crippen LogP contribution in [0.25, 0.3) is 0 Å². The second-order valence-corrected chi connectivity index (χ2v) is 5.58. The summed E-state index contributed by atoms with van der Waals surface area (Å²) in [5, 5.41) is 2.76. The lowest BCUT2D eigenvalue weighted by Gasteiger charge is -2.25. The Kier molecular flexibility index (Phi) is 5.41. The van der Waals surface area contributed by atoms with Crippen molar-refractivity contribution in [2.24, 2.45) is 0 Å². The molecule has 1 aliphatic heterocycles.